The van der Waals surface area contributed by atoms with Gasteiger partial charge in [0.25, 0.3) is 0 Å². The molecule has 1 aromatic rings. The Balaban J connectivity index is 2.67. The van der Waals surface area contributed by atoms with Crippen LogP contribution in [0.3, 0.4) is 0 Å². The number of carbonyl (C=O) groups excluding carboxylic acids is 2. The molecule has 1 aromatic heterocycles. The number of hydroxylamine groups is 1. The summed E-state index contributed by atoms with van der Waals surface area (Å²) in [6, 6.07) is 3.75. The molecule has 0 bridgehead atoms. The molecule has 116 valence electrons. The molecule has 0 spiro atoms. The molecule has 21 heavy (non-hydrogen) atoms. The van der Waals surface area contributed by atoms with E-state index in [1.54, 1.807) is 13.8 Å². The molecule has 0 aliphatic rings. The van der Waals surface area contributed by atoms with Gasteiger partial charge in [0.05, 0.1) is 5.69 Å². The number of alkyl halides is 1. The molecule has 1 rings (SSSR count). The van der Waals surface area contributed by atoms with E-state index in [0.29, 0.717) is 11.8 Å². The van der Waals surface area contributed by atoms with Crippen LogP contribution >= 0.6 is 31.9 Å². The van der Waals surface area contributed by atoms with Crippen LogP contribution in [0.25, 0.3) is 0 Å². The molecule has 1 N–H and O–H groups in total. The standard InChI is InChI=1S/C13H16Br2N2O4/c1-8(18)21-17-12(19)20-13(2,3)6-9-4-5-10(15)11(7-14)16-9/h4-5H,6-7H2,1-3H3,(H,17,19). The third-order valence-electron chi connectivity index (χ3n) is 2.36. The maximum Gasteiger partial charge on any atom is 0.441 e. The van der Waals surface area contributed by atoms with Crippen molar-refractivity contribution < 1.29 is 19.2 Å². The van der Waals surface area contributed by atoms with Crippen LogP contribution < -0.4 is 5.48 Å². The van der Waals surface area contributed by atoms with Crippen LogP contribution in [0.1, 0.15) is 32.2 Å². The van der Waals surface area contributed by atoms with E-state index >= 15 is 0 Å². The molecule has 0 aliphatic carbocycles. The van der Waals surface area contributed by atoms with Crippen LogP contribution in [0.15, 0.2) is 16.6 Å². The molecule has 0 aromatic carbocycles. The van der Waals surface area contributed by atoms with Crippen molar-refractivity contribution in [3.05, 3.63) is 28.0 Å². The topological polar surface area (TPSA) is 77.5 Å². The minimum absolute atomic E-state index is 0.424. The van der Waals surface area contributed by atoms with Crippen molar-refractivity contribution in [1.82, 2.24) is 10.5 Å². The molecule has 0 saturated carbocycles. The summed E-state index contributed by atoms with van der Waals surface area (Å²) >= 11 is 6.77. The number of hydrogen-bond acceptors (Lipinski definition) is 5. The van der Waals surface area contributed by atoms with Crippen LogP contribution in [0.5, 0.6) is 0 Å². The van der Waals surface area contributed by atoms with E-state index in [2.05, 4.69) is 41.7 Å². The number of aromatic nitrogens is 1. The fraction of sp³-hybridized carbons (Fsp3) is 0.462. The summed E-state index contributed by atoms with van der Waals surface area (Å²) in [5, 5.41) is 0.621. The molecule has 0 radical (unpaired) electrons. The minimum atomic E-state index is -0.826. The minimum Gasteiger partial charge on any atom is -0.441 e. The Bertz CT molecular complexity index is 535. The molecule has 1 amide bonds. The van der Waals surface area contributed by atoms with E-state index in [9.17, 15) is 9.59 Å². The van der Waals surface area contributed by atoms with E-state index in [1.807, 2.05) is 17.6 Å². The third kappa shape index (κ3) is 6.43. The average molecular weight is 424 g/mol. The number of halogens is 2. The summed E-state index contributed by atoms with van der Waals surface area (Å²) in [6.45, 7) is 4.68. The van der Waals surface area contributed by atoms with Gasteiger partial charge in [0.15, 0.2) is 0 Å². The number of carbonyl (C=O) groups is 2. The number of nitrogens with zero attached hydrogens (tertiary/aromatic N) is 1. The summed E-state index contributed by atoms with van der Waals surface area (Å²) in [4.78, 5) is 30.9. The van der Waals surface area contributed by atoms with E-state index < -0.39 is 17.7 Å². The fourth-order valence-electron chi connectivity index (χ4n) is 1.58. The Hall–Kier alpha value is -1.15. The second-order valence-corrected chi connectivity index (χ2v) is 6.30. The second kappa shape index (κ2) is 7.74. The lowest BCUT2D eigenvalue weighted by Crippen LogP contribution is -2.37. The first-order valence-electron chi connectivity index (χ1n) is 6.10. The lowest BCUT2D eigenvalue weighted by molar-refractivity contribution is -0.147. The Morgan fingerprint density at radius 3 is 2.62 bits per heavy atom. The highest BCUT2D eigenvalue weighted by atomic mass is 79.9. The molecule has 0 aliphatic heterocycles. The lowest BCUT2D eigenvalue weighted by Gasteiger charge is -2.24. The van der Waals surface area contributed by atoms with E-state index in [4.69, 9.17) is 4.74 Å². The van der Waals surface area contributed by atoms with Gasteiger partial charge in [0.2, 0.25) is 0 Å². The number of amides is 1. The predicted molar refractivity (Wildman–Crippen MR) is 83.7 cm³/mol. The summed E-state index contributed by atoms with van der Waals surface area (Å²) in [7, 11) is 0. The summed E-state index contributed by atoms with van der Waals surface area (Å²) in [5.74, 6) is -0.624. The van der Waals surface area contributed by atoms with E-state index in [0.717, 1.165) is 15.9 Å². The van der Waals surface area contributed by atoms with Crippen LogP contribution in [0.2, 0.25) is 0 Å². The van der Waals surface area contributed by atoms with Crippen molar-refractivity contribution >= 4 is 43.9 Å². The third-order valence-corrected chi connectivity index (χ3v) is 3.61. The highest BCUT2D eigenvalue weighted by Gasteiger charge is 2.25. The first kappa shape index (κ1) is 17.9. The first-order chi connectivity index (χ1) is 9.73. The molecule has 0 saturated heterocycles. The van der Waals surface area contributed by atoms with Gasteiger partial charge >= 0.3 is 12.1 Å². The van der Waals surface area contributed by atoms with Crippen molar-refractivity contribution in [2.24, 2.45) is 0 Å². The van der Waals surface area contributed by atoms with Crippen LogP contribution in [0, 0.1) is 0 Å². The quantitative estimate of drug-likeness (QED) is 0.594. The van der Waals surface area contributed by atoms with Crippen LogP contribution in [-0.2, 0) is 26.1 Å². The van der Waals surface area contributed by atoms with Crippen molar-refractivity contribution in [3.8, 4) is 0 Å². The molecule has 0 fully saturated rings. The summed E-state index contributed by atoms with van der Waals surface area (Å²) in [5.41, 5.74) is 2.77. The number of rotatable bonds is 4. The van der Waals surface area contributed by atoms with Crippen molar-refractivity contribution in [1.29, 1.82) is 0 Å². The van der Waals surface area contributed by atoms with Crippen LogP contribution in [-0.4, -0.2) is 22.6 Å². The van der Waals surface area contributed by atoms with Gasteiger partial charge in [-0.3, -0.25) is 9.78 Å². The van der Waals surface area contributed by atoms with Crippen molar-refractivity contribution in [2.75, 3.05) is 0 Å². The maximum absolute atomic E-state index is 11.5. The molecule has 1 heterocycles. The summed E-state index contributed by atoms with van der Waals surface area (Å²) < 4.78 is 6.12. The van der Waals surface area contributed by atoms with Gasteiger partial charge in [-0.2, -0.15) is 0 Å². The average Bonchev–Trinajstić information content (AvgIpc) is 2.37. The van der Waals surface area contributed by atoms with Gasteiger partial charge in [-0.15, -0.1) is 5.48 Å². The SMILES string of the molecule is CC(=O)ONC(=O)OC(C)(C)Cc1ccc(Br)c(CBr)n1. The Labute approximate surface area is 139 Å². The van der Waals surface area contributed by atoms with Gasteiger partial charge in [-0.25, -0.2) is 4.79 Å². The van der Waals surface area contributed by atoms with Crippen LogP contribution in [0.4, 0.5) is 4.79 Å². The summed E-state index contributed by atoms with van der Waals surface area (Å²) in [6.07, 6.45) is -0.402. The Morgan fingerprint density at radius 2 is 2.05 bits per heavy atom. The smallest absolute Gasteiger partial charge is 0.441 e. The predicted octanol–water partition coefficient (Wildman–Crippen LogP) is 3.26. The molecular weight excluding hydrogens is 408 g/mol. The number of hydrogen-bond donors (Lipinski definition) is 1. The molecular formula is C13H16Br2N2O4. The van der Waals surface area contributed by atoms with Crippen molar-refractivity contribution in [2.45, 2.75) is 38.1 Å². The zero-order valence-corrected chi connectivity index (χ0v) is 15.1. The van der Waals surface area contributed by atoms with Gasteiger partial charge in [0, 0.05) is 28.8 Å². The monoisotopic (exact) mass is 422 g/mol. The fourth-order valence-corrected chi connectivity index (χ4v) is 2.74. The molecule has 0 unspecified atom stereocenters. The van der Waals surface area contributed by atoms with E-state index in [1.165, 1.54) is 6.92 Å². The highest BCUT2D eigenvalue weighted by Crippen LogP contribution is 2.21. The van der Waals surface area contributed by atoms with Gasteiger partial charge in [-0.05, 0) is 41.9 Å². The van der Waals surface area contributed by atoms with Gasteiger partial charge in [-0.1, -0.05) is 15.9 Å². The zero-order chi connectivity index (χ0) is 16.0. The lowest BCUT2D eigenvalue weighted by atomic mass is 10.0. The van der Waals surface area contributed by atoms with Gasteiger partial charge in [0.1, 0.15) is 5.60 Å². The van der Waals surface area contributed by atoms with Gasteiger partial charge < -0.3 is 9.57 Å². The highest BCUT2D eigenvalue weighted by molar-refractivity contribution is 9.10. The molecule has 8 heteroatoms. The number of nitrogens with one attached hydrogen (secondary N) is 1. The maximum atomic E-state index is 11.5. The zero-order valence-electron chi connectivity index (χ0n) is 11.9. The second-order valence-electron chi connectivity index (χ2n) is 4.89. The normalized spacial score (nSPS) is 10.9. The van der Waals surface area contributed by atoms with Crippen molar-refractivity contribution in [3.63, 3.8) is 0 Å². The molecule has 0 atom stereocenters. The van der Waals surface area contributed by atoms with E-state index in [-0.39, 0.29) is 0 Å². The first-order valence-corrected chi connectivity index (χ1v) is 8.01. The largest absolute Gasteiger partial charge is 0.441 e. The molecule has 6 nitrogen and oxygen atoms in total. The Morgan fingerprint density at radius 1 is 1.38 bits per heavy atom. The number of pyridine rings is 1. The Kier molecular flexibility index (Phi) is 6.60. The number of ether oxygens (including phenoxy) is 1.